The predicted molar refractivity (Wildman–Crippen MR) is 373 cm³/mol. The van der Waals surface area contributed by atoms with Crippen LogP contribution in [0.4, 0.5) is 4.79 Å². The summed E-state index contributed by atoms with van der Waals surface area (Å²) in [5.74, 6) is -9.75. The smallest absolute Gasteiger partial charge is 0.407 e. The van der Waals surface area contributed by atoms with E-state index in [4.69, 9.17) is 9.47 Å². The maximum Gasteiger partial charge on any atom is 0.407 e. The third-order valence-electron chi connectivity index (χ3n) is 17.9. The molecule has 540 valence electrons. The summed E-state index contributed by atoms with van der Waals surface area (Å²) < 4.78 is 11.0. The molecule has 25 heteroatoms. The van der Waals surface area contributed by atoms with Gasteiger partial charge in [0, 0.05) is 38.9 Å². The molecule has 100 heavy (non-hydrogen) atoms. The number of nitrogens with zero attached hydrogens (tertiary/aromatic N) is 2. The van der Waals surface area contributed by atoms with Crippen LogP contribution in [0.5, 0.6) is 0 Å². The summed E-state index contributed by atoms with van der Waals surface area (Å²) in [7, 11) is 0. The van der Waals surface area contributed by atoms with E-state index in [2.05, 4.69) is 47.9 Å². The van der Waals surface area contributed by atoms with Crippen molar-refractivity contribution in [3.05, 3.63) is 144 Å². The number of ether oxygens (including phenoxy) is 2. The van der Waals surface area contributed by atoms with E-state index in [0.29, 0.717) is 29.5 Å². The number of hydrogen-bond donors (Lipinski definition) is 9. The van der Waals surface area contributed by atoms with Crippen molar-refractivity contribution in [3.63, 3.8) is 0 Å². The van der Waals surface area contributed by atoms with Crippen LogP contribution in [0.3, 0.4) is 0 Å². The first-order valence-electron chi connectivity index (χ1n) is 35.1. The largest absolute Gasteiger partial charge is 0.461 e. The Hall–Kier alpha value is -9.68. The SMILES string of the molecule is CC(C)C[C@@H]1NC(=O)[C@H](CCCNC(=O)OCc2ccccc2)NC(=O)[C@H](C(C)C)NC(=O)[C@@H]2CCCN2C(=O)[C@@H](Cc2ccccc2)NC(=O)[C@H](CC(C)C)NC(=O)[C@H](CCC(=O)OCc2ccccc2)NC(=O)[C@H](C(C)C)NC(=O)[C@@H]2CCCN2C(=O)[C@@H](Cc2ccccc2)NC1=O. The molecule has 0 aliphatic carbocycles. The molecule has 25 nitrogen and oxygen atoms in total. The average molecular weight is 1380 g/mol. The summed E-state index contributed by atoms with van der Waals surface area (Å²) in [5, 5.41) is 25.4. The molecule has 4 aromatic rings. The van der Waals surface area contributed by atoms with Gasteiger partial charge in [0.15, 0.2) is 0 Å². The molecule has 0 spiro atoms. The third kappa shape index (κ3) is 23.8. The Balaban J connectivity index is 1.25. The minimum absolute atomic E-state index is 0.00186. The van der Waals surface area contributed by atoms with Crippen LogP contribution in [-0.4, -0.2) is 161 Å². The second-order valence-electron chi connectivity index (χ2n) is 27.7. The number of esters is 1. The van der Waals surface area contributed by atoms with Crippen molar-refractivity contribution in [1.29, 1.82) is 0 Å². The Kier molecular flexibility index (Phi) is 30.0. The van der Waals surface area contributed by atoms with Gasteiger partial charge in [0.05, 0.1) is 0 Å². The van der Waals surface area contributed by atoms with E-state index >= 15 is 9.59 Å². The summed E-state index contributed by atoms with van der Waals surface area (Å²) in [6.07, 6.45) is -0.293. The summed E-state index contributed by atoms with van der Waals surface area (Å²) >= 11 is 0. The number of carbonyl (C=O) groups excluding carboxylic acids is 12. The standard InChI is InChI=1S/C75H101N11O14/c1-46(2)40-56-67(90)81-58(42-50-24-13-9-14-25-50)73(96)86-39-23-34-61(86)70(93)84-64(49(7)8)72(95)78-55(35-36-62(87)99-44-52-28-17-11-18-29-52)66(89)80-57(41-47(3)4)68(91)82-59(43-51-26-15-10-16-27-51)74(97)85-38-22-33-60(85)69(92)83-63(48(5)6)71(94)77-54(65(88)79-56)32-21-37-76-75(98)100-45-53-30-19-12-20-31-53/h9-20,24-31,46-49,54-61,63-64H,21-23,32-45H2,1-8H3,(H,76,98)(H,77,94)(H,78,95)(H,79,88)(H,80,89)(H,81,90)(H,82,91)(H,83,92)(H,84,93)/t54-,55-,56-,57-,58+,59+,60-,61-,63-,64-/m0/s1. The molecule has 10 atom stereocenters. The number of hydrogen-bond acceptors (Lipinski definition) is 14. The number of amides is 11. The highest BCUT2D eigenvalue weighted by Crippen LogP contribution is 2.24. The van der Waals surface area contributed by atoms with E-state index in [1.54, 1.807) is 125 Å². The highest BCUT2D eigenvalue weighted by molar-refractivity contribution is 6.00. The molecule has 3 aliphatic rings. The molecule has 7 rings (SSSR count). The zero-order valence-corrected chi connectivity index (χ0v) is 58.8. The lowest BCUT2D eigenvalue weighted by Gasteiger charge is -2.33. The minimum atomic E-state index is -1.51. The van der Waals surface area contributed by atoms with Crippen molar-refractivity contribution in [2.45, 2.75) is 206 Å². The van der Waals surface area contributed by atoms with E-state index < -0.39 is 143 Å². The van der Waals surface area contributed by atoms with E-state index in [0.717, 1.165) is 5.56 Å². The number of carbonyl (C=O) groups is 12. The van der Waals surface area contributed by atoms with Crippen LogP contribution in [0.2, 0.25) is 0 Å². The average Bonchev–Trinajstić information content (AvgIpc) is 1.58. The zero-order valence-electron chi connectivity index (χ0n) is 58.8. The molecule has 0 bridgehead atoms. The number of alkyl carbamates (subject to hydrolysis) is 1. The molecule has 3 saturated heterocycles. The van der Waals surface area contributed by atoms with Crippen molar-refractivity contribution < 1.29 is 67.0 Å². The minimum Gasteiger partial charge on any atom is -0.461 e. The van der Waals surface area contributed by atoms with Gasteiger partial charge in [-0.1, -0.05) is 177 Å². The van der Waals surface area contributed by atoms with Crippen LogP contribution < -0.4 is 47.9 Å². The van der Waals surface area contributed by atoms with Crippen LogP contribution in [0.25, 0.3) is 0 Å². The Morgan fingerprint density at radius 3 is 1.16 bits per heavy atom. The van der Waals surface area contributed by atoms with Crippen molar-refractivity contribution in [2.24, 2.45) is 23.7 Å². The lowest BCUT2D eigenvalue weighted by atomic mass is 9.98. The number of benzene rings is 4. The molecule has 0 aromatic heterocycles. The van der Waals surface area contributed by atoms with Gasteiger partial charge in [-0.3, -0.25) is 52.7 Å². The number of fused-ring (bicyclic) bond motifs is 2. The molecule has 3 heterocycles. The van der Waals surface area contributed by atoms with Gasteiger partial charge in [0.1, 0.15) is 73.6 Å². The molecule has 9 N–H and O–H groups in total. The summed E-state index contributed by atoms with van der Waals surface area (Å²) in [5.41, 5.74) is 2.78. The Morgan fingerprint density at radius 2 is 0.770 bits per heavy atom. The van der Waals surface area contributed by atoms with Gasteiger partial charge in [-0.2, -0.15) is 0 Å². The first-order valence-corrected chi connectivity index (χ1v) is 35.1. The predicted octanol–water partition coefficient (Wildman–Crippen LogP) is 4.98. The molecule has 3 fully saturated rings. The Labute approximate surface area is 586 Å². The van der Waals surface area contributed by atoms with Gasteiger partial charge < -0.3 is 67.1 Å². The summed E-state index contributed by atoms with van der Waals surface area (Å²) in [6.45, 7) is 14.2. The van der Waals surface area contributed by atoms with Crippen molar-refractivity contribution in [2.75, 3.05) is 19.6 Å². The highest BCUT2D eigenvalue weighted by atomic mass is 16.5. The van der Waals surface area contributed by atoms with Crippen molar-refractivity contribution in [1.82, 2.24) is 57.7 Å². The fourth-order valence-electron chi connectivity index (χ4n) is 12.6. The molecule has 3 aliphatic heterocycles. The summed E-state index contributed by atoms with van der Waals surface area (Å²) in [4.78, 5) is 178. The van der Waals surface area contributed by atoms with Crippen LogP contribution in [0, 0.1) is 23.7 Å². The second kappa shape index (κ2) is 38.6. The lowest BCUT2D eigenvalue weighted by Crippen LogP contribution is -2.62. The van der Waals surface area contributed by atoms with Gasteiger partial charge >= 0.3 is 12.1 Å². The molecule has 0 radical (unpaired) electrons. The fourth-order valence-corrected chi connectivity index (χ4v) is 12.6. The van der Waals surface area contributed by atoms with Crippen molar-refractivity contribution in [3.8, 4) is 0 Å². The molecule has 4 aromatic carbocycles. The highest BCUT2D eigenvalue weighted by Gasteiger charge is 2.44. The quantitative estimate of drug-likeness (QED) is 0.0393. The fraction of sp³-hybridized carbons (Fsp3) is 0.520. The first kappa shape index (κ1) is 77.7. The maximum absolute atomic E-state index is 15.2. The van der Waals surface area contributed by atoms with E-state index in [9.17, 15) is 47.9 Å². The maximum atomic E-state index is 15.2. The van der Waals surface area contributed by atoms with Gasteiger partial charge in [0.2, 0.25) is 59.1 Å². The van der Waals surface area contributed by atoms with Gasteiger partial charge in [0.25, 0.3) is 0 Å². The van der Waals surface area contributed by atoms with Crippen LogP contribution in [0.15, 0.2) is 121 Å². The molecule has 0 unspecified atom stereocenters. The normalized spacial score (nSPS) is 23.6. The Morgan fingerprint density at radius 1 is 0.420 bits per heavy atom. The molecule has 11 amide bonds. The van der Waals surface area contributed by atoms with Crippen molar-refractivity contribution >= 4 is 71.1 Å². The zero-order chi connectivity index (χ0) is 72.4. The Bertz CT molecular complexity index is 3410. The number of nitrogens with one attached hydrogen (secondary N) is 9. The topological polar surface area (TPSA) is 338 Å². The number of rotatable bonds is 21. The monoisotopic (exact) mass is 1380 g/mol. The van der Waals surface area contributed by atoms with Gasteiger partial charge in [-0.15, -0.1) is 0 Å². The lowest BCUT2D eigenvalue weighted by molar-refractivity contribution is -0.146. The summed E-state index contributed by atoms with van der Waals surface area (Å²) in [6, 6.07) is 22.7. The second-order valence-corrected chi connectivity index (χ2v) is 27.7. The van der Waals surface area contributed by atoms with Gasteiger partial charge in [-0.25, -0.2) is 4.79 Å². The van der Waals surface area contributed by atoms with Crippen LogP contribution in [0.1, 0.15) is 142 Å². The van der Waals surface area contributed by atoms with E-state index in [1.807, 2.05) is 52.0 Å². The van der Waals surface area contributed by atoms with Crippen LogP contribution >= 0.6 is 0 Å². The molecule has 0 saturated carbocycles. The van der Waals surface area contributed by atoms with E-state index in [-0.39, 0.29) is 109 Å². The molecular formula is C75H101N11O14. The van der Waals surface area contributed by atoms with Gasteiger partial charge in [-0.05, 0) is 104 Å². The van der Waals surface area contributed by atoms with E-state index in [1.165, 1.54) is 9.80 Å². The van der Waals surface area contributed by atoms with Crippen LogP contribution in [-0.2, 0) is 88.3 Å². The third-order valence-corrected chi connectivity index (χ3v) is 17.9. The molecular weight excluding hydrogens is 1280 g/mol. The first-order chi connectivity index (χ1) is 47.8.